The first-order chi connectivity index (χ1) is 16.9. The Morgan fingerprint density at radius 3 is 2.44 bits per heavy atom. The van der Waals surface area contributed by atoms with E-state index >= 15 is 0 Å². The van der Waals surface area contributed by atoms with Crippen molar-refractivity contribution < 1.29 is 32.4 Å². The lowest BCUT2D eigenvalue weighted by molar-refractivity contribution is -0.385. The summed E-state index contributed by atoms with van der Waals surface area (Å²) in [5.41, 5.74) is -1.89. The number of ether oxygens (including phenoxy) is 2. The Bertz CT molecular complexity index is 1300. The first-order valence-corrected chi connectivity index (χ1v) is 10.9. The van der Waals surface area contributed by atoms with E-state index in [-0.39, 0.29) is 28.8 Å². The van der Waals surface area contributed by atoms with E-state index in [0.717, 1.165) is 12.1 Å². The van der Waals surface area contributed by atoms with Gasteiger partial charge in [0.25, 0.3) is 5.69 Å². The molecule has 0 fully saturated rings. The summed E-state index contributed by atoms with van der Waals surface area (Å²) in [6.07, 6.45) is -2.75. The van der Waals surface area contributed by atoms with Crippen molar-refractivity contribution in [2.75, 3.05) is 5.32 Å². The van der Waals surface area contributed by atoms with Crippen molar-refractivity contribution in [3.8, 4) is 11.8 Å². The number of aromatic nitrogens is 2. The fourth-order valence-electron chi connectivity index (χ4n) is 2.80. The fourth-order valence-corrected chi connectivity index (χ4v) is 3.01. The third-order valence-corrected chi connectivity index (χ3v) is 4.63. The number of carbonyl (C=O) groups is 1. The minimum atomic E-state index is -4.84. The predicted octanol–water partition coefficient (Wildman–Crippen LogP) is 6.36. The van der Waals surface area contributed by atoms with Crippen molar-refractivity contribution in [2.45, 2.75) is 26.1 Å². The quantitative estimate of drug-likeness (QED) is 0.159. The zero-order chi connectivity index (χ0) is 26.5. The van der Waals surface area contributed by atoms with Gasteiger partial charge in [0.1, 0.15) is 16.9 Å². The summed E-state index contributed by atoms with van der Waals surface area (Å²) in [6, 6.07) is 6.83. The molecule has 0 saturated heterocycles. The molecule has 36 heavy (non-hydrogen) atoms. The lowest BCUT2D eigenvalue weighted by Crippen LogP contribution is -2.18. The zero-order valence-electron chi connectivity index (χ0n) is 18.6. The fraction of sp³-hybridized carbons (Fsp3) is 0.182. The first kappa shape index (κ1) is 26.5. The van der Waals surface area contributed by atoms with Crippen LogP contribution in [0.4, 0.5) is 29.3 Å². The first-order valence-electron chi connectivity index (χ1n) is 10.1. The van der Waals surface area contributed by atoms with Gasteiger partial charge in [-0.3, -0.25) is 10.1 Å². The topological polar surface area (TPSA) is 129 Å². The number of aliphatic imine (C=N–C) groups is 1. The molecule has 0 aliphatic carbocycles. The van der Waals surface area contributed by atoms with Gasteiger partial charge in [-0.25, -0.2) is 14.8 Å². The molecule has 1 heterocycles. The Morgan fingerprint density at radius 2 is 1.83 bits per heavy atom. The molecule has 0 unspecified atom stereocenters. The van der Waals surface area contributed by atoms with E-state index in [4.69, 9.17) is 9.47 Å². The van der Waals surface area contributed by atoms with Crippen LogP contribution < -0.4 is 10.1 Å². The van der Waals surface area contributed by atoms with Gasteiger partial charge in [0.05, 0.1) is 15.5 Å². The summed E-state index contributed by atoms with van der Waals surface area (Å²) in [6.45, 7) is 3.23. The molecule has 0 aliphatic rings. The number of alkyl halides is 3. The van der Waals surface area contributed by atoms with E-state index in [1.165, 1.54) is 36.7 Å². The molecule has 10 nitrogen and oxygen atoms in total. The van der Waals surface area contributed by atoms with Crippen LogP contribution in [0, 0.1) is 10.1 Å². The highest BCUT2D eigenvalue weighted by atomic mass is 79.9. The Morgan fingerprint density at radius 1 is 1.17 bits per heavy atom. The summed E-state index contributed by atoms with van der Waals surface area (Å²) in [4.78, 5) is 34.5. The van der Waals surface area contributed by atoms with E-state index < -0.39 is 34.5 Å². The van der Waals surface area contributed by atoms with Gasteiger partial charge in [0.2, 0.25) is 5.90 Å². The maximum absolute atomic E-state index is 13.7. The molecule has 0 aliphatic heterocycles. The molecule has 3 rings (SSSR count). The smallest absolute Gasteiger partial charge is 0.420 e. The monoisotopic (exact) mass is 567 g/mol. The van der Waals surface area contributed by atoms with Crippen molar-refractivity contribution in [1.82, 2.24) is 9.97 Å². The van der Waals surface area contributed by atoms with Crippen LogP contribution in [0.3, 0.4) is 0 Å². The highest BCUT2D eigenvalue weighted by Gasteiger charge is 2.35. The number of urea groups is 1. The predicted molar refractivity (Wildman–Crippen MR) is 126 cm³/mol. The van der Waals surface area contributed by atoms with E-state index in [0.29, 0.717) is 10.5 Å². The number of halogens is 4. The number of nitrogens with one attached hydrogen (secondary N) is 1. The molecule has 0 saturated carbocycles. The van der Waals surface area contributed by atoms with Crippen molar-refractivity contribution in [3.05, 3.63) is 80.6 Å². The van der Waals surface area contributed by atoms with E-state index in [9.17, 15) is 28.1 Å². The SMILES string of the molecule is CC(C)O/C(=N\C(=O)Nc1ccc(Oc2ncc(Br)cn2)c(C(F)(F)F)c1)c1ccccc1[N+](=O)[O-]. The number of hydrogen-bond donors (Lipinski definition) is 1. The van der Waals surface area contributed by atoms with Crippen LogP contribution in [0.5, 0.6) is 11.8 Å². The molecule has 188 valence electrons. The molecule has 1 N–H and O–H groups in total. The molecular formula is C22H17BrF3N5O5. The molecule has 14 heteroatoms. The van der Waals surface area contributed by atoms with E-state index in [2.05, 4.69) is 36.2 Å². The second kappa shape index (κ2) is 11.1. The summed E-state index contributed by atoms with van der Waals surface area (Å²) >= 11 is 3.11. The van der Waals surface area contributed by atoms with Crippen molar-refractivity contribution in [1.29, 1.82) is 0 Å². The second-order valence-corrected chi connectivity index (χ2v) is 8.20. The average molecular weight is 568 g/mol. The lowest BCUT2D eigenvalue weighted by atomic mass is 10.1. The Kier molecular flexibility index (Phi) is 8.19. The number of hydrogen-bond acceptors (Lipinski definition) is 7. The molecule has 2 amide bonds. The molecule has 3 aromatic rings. The van der Waals surface area contributed by atoms with E-state index in [1.54, 1.807) is 13.8 Å². The number of nitro groups is 1. The van der Waals surface area contributed by atoms with Gasteiger partial charge in [-0.1, -0.05) is 12.1 Å². The average Bonchev–Trinajstić information content (AvgIpc) is 2.80. The van der Waals surface area contributed by atoms with Crippen molar-refractivity contribution >= 4 is 39.2 Å². The Balaban J connectivity index is 1.91. The Hall–Kier alpha value is -4.07. The molecule has 0 spiro atoms. The maximum Gasteiger partial charge on any atom is 0.420 e. The minimum absolute atomic E-state index is 0.0689. The molecular weight excluding hydrogens is 551 g/mol. The van der Waals surface area contributed by atoms with Gasteiger partial charge in [0, 0.05) is 24.1 Å². The number of anilines is 1. The highest BCUT2D eigenvalue weighted by molar-refractivity contribution is 9.10. The number of nitro benzene ring substituents is 1. The molecule has 0 bridgehead atoms. The molecule has 1 aromatic heterocycles. The minimum Gasteiger partial charge on any atom is -0.474 e. The van der Waals surface area contributed by atoms with Crippen molar-refractivity contribution in [2.24, 2.45) is 4.99 Å². The zero-order valence-corrected chi connectivity index (χ0v) is 20.2. The van der Waals surface area contributed by atoms with Gasteiger partial charge in [0.15, 0.2) is 0 Å². The summed E-state index contributed by atoms with van der Waals surface area (Å²) < 4.78 is 52.2. The number of benzene rings is 2. The third kappa shape index (κ3) is 6.97. The standard InChI is InChI=1S/C22H17BrF3N5O5/c1-12(2)35-19(15-5-3-4-6-17(15)31(33)34)30-20(32)29-14-7-8-18(16(9-14)22(24,25)26)36-21-27-10-13(23)11-28-21/h3-12H,1-2H3,(H,29,32)/b30-19-. The third-order valence-electron chi connectivity index (χ3n) is 4.22. The molecule has 0 atom stereocenters. The van der Waals surface area contributed by atoms with Gasteiger partial charge < -0.3 is 14.8 Å². The van der Waals surface area contributed by atoms with Crippen LogP contribution in [-0.4, -0.2) is 32.9 Å². The summed E-state index contributed by atoms with van der Waals surface area (Å²) in [5.74, 6) is -0.951. The second-order valence-electron chi connectivity index (χ2n) is 7.28. The van der Waals surface area contributed by atoms with Gasteiger partial charge in [-0.05, 0) is 54.0 Å². The van der Waals surface area contributed by atoms with Gasteiger partial charge in [-0.15, -0.1) is 0 Å². The number of carbonyl (C=O) groups excluding carboxylic acids is 1. The number of para-hydroxylation sites is 1. The largest absolute Gasteiger partial charge is 0.474 e. The van der Waals surface area contributed by atoms with Crippen LogP contribution >= 0.6 is 15.9 Å². The summed E-state index contributed by atoms with van der Waals surface area (Å²) in [7, 11) is 0. The number of amides is 2. The van der Waals surface area contributed by atoms with E-state index in [1.807, 2.05) is 0 Å². The van der Waals surface area contributed by atoms with Crippen LogP contribution in [0.1, 0.15) is 25.0 Å². The molecule has 0 radical (unpaired) electrons. The van der Waals surface area contributed by atoms with Gasteiger partial charge in [-0.2, -0.15) is 18.2 Å². The van der Waals surface area contributed by atoms with Crippen LogP contribution in [0.25, 0.3) is 0 Å². The number of rotatable bonds is 6. The van der Waals surface area contributed by atoms with Crippen molar-refractivity contribution in [3.63, 3.8) is 0 Å². The molecule has 2 aromatic carbocycles. The highest BCUT2D eigenvalue weighted by Crippen LogP contribution is 2.39. The lowest BCUT2D eigenvalue weighted by Gasteiger charge is -2.15. The van der Waals surface area contributed by atoms with Gasteiger partial charge >= 0.3 is 18.2 Å². The Labute approximate surface area is 210 Å². The van der Waals surface area contributed by atoms with Crippen LogP contribution in [0.2, 0.25) is 0 Å². The van der Waals surface area contributed by atoms with Crippen LogP contribution in [0.15, 0.2) is 64.3 Å². The summed E-state index contributed by atoms with van der Waals surface area (Å²) in [5, 5.41) is 13.6. The maximum atomic E-state index is 13.7. The normalized spacial score (nSPS) is 11.8. The van der Waals surface area contributed by atoms with Crippen LogP contribution in [-0.2, 0) is 10.9 Å². The number of nitrogens with zero attached hydrogens (tertiary/aromatic N) is 4.